The van der Waals surface area contributed by atoms with E-state index in [0.717, 1.165) is 23.5 Å². The second kappa shape index (κ2) is 8.24. The van der Waals surface area contributed by atoms with Crippen molar-refractivity contribution >= 4 is 21.5 Å². The van der Waals surface area contributed by atoms with E-state index in [9.17, 15) is 13.0 Å². The Labute approximate surface area is 147 Å². The lowest BCUT2D eigenvalue weighted by atomic mass is 10.1. The fourth-order valence-electron chi connectivity index (χ4n) is 2.55. The van der Waals surface area contributed by atoms with Crippen LogP contribution in [0.4, 0.5) is 0 Å². The molecule has 0 aliphatic heterocycles. The van der Waals surface area contributed by atoms with Crippen LogP contribution >= 0.6 is 0 Å². The van der Waals surface area contributed by atoms with E-state index in [1.54, 1.807) is 0 Å². The second-order valence-corrected chi connectivity index (χ2v) is 6.28. The molecule has 0 aliphatic carbocycles. The van der Waals surface area contributed by atoms with Crippen LogP contribution in [0.5, 0.6) is 0 Å². The van der Waals surface area contributed by atoms with Gasteiger partial charge in [-0.05, 0) is 31.0 Å². The minimum atomic E-state index is -4.42. The van der Waals surface area contributed by atoms with Gasteiger partial charge in [0.05, 0.1) is 13.5 Å². The van der Waals surface area contributed by atoms with Crippen molar-refractivity contribution in [2.45, 2.75) is 27.3 Å². The summed E-state index contributed by atoms with van der Waals surface area (Å²) in [7, 11) is -4.42. The van der Waals surface area contributed by atoms with Crippen molar-refractivity contribution in [3.05, 3.63) is 54.4 Å². The van der Waals surface area contributed by atoms with Gasteiger partial charge in [0.1, 0.15) is 6.54 Å². The molecule has 1 aromatic heterocycles. The first kappa shape index (κ1) is 19.1. The topological polar surface area (TPSA) is 83.5 Å². The lowest BCUT2D eigenvalue weighted by Gasteiger charge is -2.02. The minimum Gasteiger partial charge on any atom is -0.726 e. The van der Waals surface area contributed by atoms with Crippen LogP contribution in [0.15, 0.2) is 52.9 Å². The predicted octanol–water partition coefficient (Wildman–Crippen LogP) is 3.20. The molecule has 3 aromatic rings. The predicted molar refractivity (Wildman–Crippen MR) is 93.6 cm³/mol. The molecule has 6 nitrogen and oxygen atoms in total. The third-order valence-electron chi connectivity index (χ3n) is 3.57. The molecule has 0 bridgehead atoms. The van der Waals surface area contributed by atoms with Crippen LogP contribution in [0.1, 0.15) is 19.7 Å². The fourth-order valence-corrected chi connectivity index (χ4v) is 2.83. The number of rotatable bonds is 4. The van der Waals surface area contributed by atoms with Crippen LogP contribution in [0.3, 0.4) is 0 Å². The monoisotopic (exact) mass is 363 g/mol. The Hall–Kier alpha value is -2.22. The molecule has 3 rings (SSSR count). The number of nitrogens with zero attached hydrogens (tertiary/aromatic N) is 1. The van der Waals surface area contributed by atoms with Gasteiger partial charge in [0.2, 0.25) is 16.0 Å². The average Bonchev–Trinajstić information content (AvgIpc) is 2.89. The highest BCUT2D eigenvalue weighted by Crippen LogP contribution is 2.23. The van der Waals surface area contributed by atoms with Crippen molar-refractivity contribution in [2.24, 2.45) is 0 Å². The Morgan fingerprint density at radius 1 is 1.08 bits per heavy atom. The van der Waals surface area contributed by atoms with Crippen LogP contribution in [0.25, 0.3) is 22.2 Å². The lowest BCUT2D eigenvalue weighted by Crippen LogP contribution is -2.33. The van der Waals surface area contributed by atoms with E-state index in [2.05, 4.69) is 58.1 Å². The molecule has 0 fully saturated rings. The van der Waals surface area contributed by atoms with E-state index in [1.807, 2.05) is 13.0 Å². The van der Waals surface area contributed by atoms with Gasteiger partial charge in [0.15, 0.2) is 0 Å². The molecule has 0 atom stereocenters. The summed E-state index contributed by atoms with van der Waals surface area (Å²) in [5.74, 6) is 0.956. The van der Waals surface area contributed by atoms with Gasteiger partial charge >= 0.3 is 5.89 Å². The van der Waals surface area contributed by atoms with Crippen LogP contribution in [-0.4, -0.2) is 19.6 Å². The molecule has 25 heavy (non-hydrogen) atoms. The summed E-state index contributed by atoms with van der Waals surface area (Å²) in [5, 5.41) is 0. The zero-order valence-corrected chi connectivity index (χ0v) is 15.2. The largest absolute Gasteiger partial charge is 0.726 e. The smallest absolute Gasteiger partial charge is 0.344 e. The first-order valence-electron chi connectivity index (χ1n) is 7.94. The maximum absolute atomic E-state index is 9.45. The summed E-state index contributed by atoms with van der Waals surface area (Å²) in [4.78, 5) is 0. The van der Waals surface area contributed by atoms with Gasteiger partial charge in [0.25, 0.3) is 5.52 Å². The normalized spacial score (nSPS) is 11.2. The summed E-state index contributed by atoms with van der Waals surface area (Å²) in [6, 6.07) is 16.8. The summed E-state index contributed by atoms with van der Waals surface area (Å²) in [6.07, 6.45) is 0. The van der Waals surface area contributed by atoms with E-state index < -0.39 is 10.4 Å². The Bertz CT molecular complexity index is 933. The standard InChI is InChI=1S/C16H16NO.C2H6O4S/c1-3-17-12(2)18-16-10-9-14(11-15(16)17)13-7-5-4-6-8-13;1-2-6-7(3,4)5/h4-11H,3H2,1-2H3;2H2,1H3,(H,3,4,5)/q+1;/p-1. The molecule has 2 aromatic carbocycles. The molecule has 0 unspecified atom stereocenters. The molecule has 0 saturated heterocycles. The van der Waals surface area contributed by atoms with Crippen molar-refractivity contribution in [1.82, 2.24) is 0 Å². The number of benzene rings is 2. The minimum absolute atomic E-state index is 0.0914. The first-order chi connectivity index (χ1) is 11.9. The molecule has 0 N–H and O–H groups in total. The summed E-state index contributed by atoms with van der Waals surface area (Å²) < 4.78 is 39.9. The third-order valence-corrected chi connectivity index (χ3v) is 4.10. The molecular formula is C18H21NO5S. The highest BCUT2D eigenvalue weighted by molar-refractivity contribution is 7.80. The number of aromatic nitrogens is 1. The molecule has 0 amide bonds. The van der Waals surface area contributed by atoms with Crippen molar-refractivity contribution in [2.75, 3.05) is 6.61 Å². The molecule has 0 aliphatic rings. The second-order valence-electron chi connectivity index (χ2n) is 5.23. The van der Waals surface area contributed by atoms with E-state index in [4.69, 9.17) is 4.42 Å². The molecule has 7 heteroatoms. The van der Waals surface area contributed by atoms with Gasteiger partial charge in [-0.1, -0.05) is 36.4 Å². The Balaban J connectivity index is 0.000000277. The van der Waals surface area contributed by atoms with Gasteiger partial charge in [0, 0.05) is 6.07 Å². The molecule has 134 valence electrons. The molecule has 0 saturated carbocycles. The number of fused-ring (bicyclic) bond motifs is 1. The maximum Gasteiger partial charge on any atom is 0.344 e. The van der Waals surface area contributed by atoms with Crippen LogP contribution in [0.2, 0.25) is 0 Å². The van der Waals surface area contributed by atoms with Crippen LogP contribution in [0, 0.1) is 6.92 Å². The average molecular weight is 363 g/mol. The highest BCUT2D eigenvalue weighted by atomic mass is 32.3. The van der Waals surface area contributed by atoms with Crippen molar-refractivity contribution < 1.29 is 26.1 Å². The van der Waals surface area contributed by atoms with E-state index in [1.165, 1.54) is 18.1 Å². The number of hydrogen-bond donors (Lipinski definition) is 0. The van der Waals surface area contributed by atoms with Crippen molar-refractivity contribution in [1.29, 1.82) is 0 Å². The molecule has 1 heterocycles. The van der Waals surface area contributed by atoms with Gasteiger partial charge in [-0.2, -0.15) is 4.57 Å². The van der Waals surface area contributed by atoms with Crippen LogP contribution in [-0.2, 0) is 21.1 Å². The molecular weight excluding hydrogens is 342 g/mol. The van der Waals surface area contributed by atoms with E-state index in [0.29, 0.717) is 0 Å². The summed E-state index contributed by atoms with van der Waals surface area (Å²) >= 11 is 0. The Morgan fingerprint density at radius 2 is 1.76 bits per heavy atom. The Morgan fingerprint density at radius 3 is 2.28 bits per heavy atom. The van der Waals surface area contributed by atoms with Gasteiger partial charge < -0.3 is 8.97 Å². The number of aryl methyl sites for hydroxylation is 2. The SMILES string of the molecule is CCOS(=O)(=O)[O-].CC[n+]1c(C)oc2ccc(-c3ccccc3)cc21. The zero-order chi connectivity index (χ0) is 18.4. The van der Waals surface area contributed by atoms with Gasteiger partial charge in [-0.15, -0.1) is 0 Å². The first-order valence-corrected chi connectivity index (χ1v) is 9.27. The fraction of sp³-hybridized carbons (Fsp3) is 0.278. The molecule has 0 spiro atoms. The number of oxazole rings is 1. The summed E-state index contributed by atoms with van der Waals surface area (Å²) in [6.45, 7) is 6.40. The summed E-state index contributed by atoms with van der Waals surface area (Å²) in [5.41, 5.74) is 4.58. The van der Waals surface area contributed by atoms with Gasteiger partial charge in [-0.3, -0.25) is 4.18 Å². The van der Waals surface area contributed by atoms with E-state index >= 15 is 0 Å². The highest BCUT2D eigenvalue weighted by Gasteiger charge is 2.17. The van der Waals surface area contributed by atoms with Crippen molar-refractivity contribution in [3.63, 3.8) is 0 Å². The van der Waals surface area contributed by atoms with Crippen LogP contribution < -0.4 is 4.57 Å². The number of hydrogen-bond acceptors (Lipinski definition) is 5. The lowest BCUT2D eigenvalue weighted by molar-refractivity contribution is -0.679. The van der Waals surface area contributed by atoms with Gasteiger partial charge in [-0.25, -0.2) is 8.42 Å². The molecule has 0 radical (unpaired) electrons. The third kappa shape index (κ3) is 5.12. The van der Waals surface area contributed by atoms with E-state index in [-0.39, 0.29) is 6.61 Å². The van der Waals surface area contributed by atoms with Crippen molar-refractivity contribution in [3.8, 4) is 11.1 Å². The Kier molecular flexibility index (Phi) is 6.30. The zero-order valence-electron chi connectivity index (χ0n) is 14.4. The maximum atomic E-state index is 9.45. The quantitative estimate of drug-likeness (QED) is 0.404.